The molecule has 0 saturated carbocycles. The molecule has 0 aliphatic heterocycles. The Morgan fingerprint density at radius 2 is 2.14 bits per heavy atom. The van der Waals surface area contributed by atoms with Crippen LogP contribution < -0.4 is 15.4 Å². The summed E-state index contributed by atoms with van der Waals surface area (Å²) < 4.78 is 5.52. The smallest absolute Gasteiger partial charge is 0.218 e. The quantitative estimate of drug-likeness (QED) is 0.630. The number of aliphatic imine (C=N–C) groups is 1. The minimum Gasteiger partial charge on any atom is -0.478 e. The van der Waals surface area contributed by atoms with Gasteiger partial charge in [-0.2, -0.15) is 0 Å². The molecule has 0 aromatic carbocycles. The van der Waals surface area contributed by atoms with Gasteiger partial charge < -0.3 is 15.4 Å². The molecule has 0 spiro atoms. The van der Waals surface area contributed by atoms with Crippen molar-refractivity contribution < 1.29 is 4.74 Å². The zero-order valence-electron chi connectivity index (χ0n) is 13.1. The predicted octanol–water partition coefficient (Wildman–Crippen LogP) is 2.11. The summed E-state index contributed by atoms with van der Waals surface area (Å²) >= 11 is 1.68. The first kappa shape index (κ1) is 16.2. The van der Waals surface area contributed by atoms with Crippen LogP contribution in [-0.2, 0) is 13.1 Å². The first-order chi connectivity index (χ1) is 10.7. The average Bonchev–Trinajstić information content (AvgIpc) is 2.95. The van der Waals surface area contributed by atoms with Crippen LogP contribution in [0.5, 0.6) is 5.88 Å². The van der Waals surface area contributed by atoms with Crippen LogP contribution in [0.25, 0.3) is 0 Å². The second-order valence-electron chi connectivity index (χ2n) is 4.54. The normalized spacial score (nSPS) is 11.3. The number of aryl methyl sites for hydroxylation is 1. The van der Waals surface area contributed by atoms with E-state index in [1.165, 1.54) is 4.88 Å². The molecule has 2 N–H and O–H groups in total. The Labute approximate surface area is 134 Å². The Kier molecular flexibility index (Phi) is 6.14. The number of ether oxygens (including phenoxy) is 1. The van der Waals surface area contributed by atoms with Crippen LogP contribution in [-0.4, -0.2) is 29.6 Å². The molecule has 0 atom stereocenters. The van der Waals surface area contributed by atoms with Crippen LogP contribution >= 0.6 is 11.3 Å². The summed E-state index contributed by atoms with van der Waals surface area (Å²) in [6.07, 6.45) is 3.61. The largest absolute Gasteiger partial charge is 0.478 e. The van der Waals surface area contributed by atoms with Gasteiger partial charge in [0.15, 0.2) is 5.96 Å². The van der Waals surface area contributed by atoms with Crippen LogP contribution in [0.1, 0.15) is 22.4 Å². The summed E-state index contributed by atoms with van der Waals surface area (Å²) in [4.78, 5) is 14.0. The lowest BCUT2D eigenvalue weighted by Crippen LogP contribution is -2.36. The molecule has 0 aliphatic carbocycles. The summed E-state index contributed by atoms with van der Waals surface area (Å²) in [7, 11) is 1.75. The summed E-state index contributed by atoms with van der Waals surface area (Å²) in [6.45, 7) is 5.85. The van der Waals surface area contributed by atoms with Crippen LogP contribution in [0.3, 0.4) is 0 Å². The summed E-state index contributed by atoms with van der Waals surface area (Å²) in [5.74, 6) is 1.38. The third kappa shape index (κ3) is 4.70. The molecule has 2 rings (SSSR count). The van der Waals surface area contributed by atoms with Crippen molar-refractivity contribution in [3.05, 3.63) is 40.0 Å². The highest BCUT2D eigenvalue weighted by molar-refractivity contribution is 7.11. The Bertz CT molecular complexity index is 626. The van der Waals surface area contributed by atoms with Crippen LogP contribution in [0.2, 0.25) is 0 Å². The summed E-state index contributed by atoms with van der Waals surface area (Å²) in [5, 5.41) is 7.54. The maximum atomic E-state index is 5.52. The lowest BCUT2D eigenvalue weighted by molar-refractivity contribution is 0.322. The van der Waals surface area contributed by atoms with Crippen molar-refractivity contribution in [2.24, 2.45) is 4.99 Å². The molecule has 0 radical (unpaired) electrons. The minimum absolute atomic E-state index is 0.597. The third-order valence-corrected chi connectivity index (χ3v) is 3.79. The van der Waals surface area contributed by atoms with E-state index >= 15 is 0 Å². The predicted molar refractivity (Wildman–Crippen MR) is 89.3 cm³/mol. The number of aromatic nitrogens is 2. The molecule has 0 bridgehead atoms. The molecule has 0 saturated heterocycles. The zero-order chi connectivity index (χ0) is 15.8. The third-order valence-electron chi connectivity index (χ3n) is 2.88. The SMILES string of the molecule is CCOc1ncccc1CNC(=NC)NCc1ncc(C)s1. The van der Waals surface area contributed by atoms with Crippen molar-refractivity contribution in [1.29, 1.82) is 0 Å². The monoisotopic (exact) mass is 319 g/mol. The van der Waals surface area contributed by atoms with Crippen LogP contribution in [0, 0.1) is 6.92 Å². The van der Waals surface area contributed by atoms with E-state index in [2.05, 4.69) is 25.6 Å². The van der Waals surface area contributed by atoms with Gasteiger partial charge in [0.25, 0.3) is 0 Å². The highest BCUT2D eigenvalue weighted by Gasteiger charge is 2.06. The molecule has 7 heteroatoms. The van der Waals surface area contributed by atoms with E-state index in [1.807, 2.05) is 32.2 Å². The van der Waals surface area contributed by atoms with E-state index in [0.29, 0.717) is 25.6 Å². The number of pyridine rings is 1. The number of guanidine groups is 1. The number of nitrogens with zero attached hydrogens (tertiary/aromatic N) is 3. The molecule has 22 heavy (non-hydrogen) atoms. The van der Waals surface area contributed by atoms with Gasteiger partial charge in [0.1, 0.15) is 5.01 Å². The van der Waals surface area contributed by atoms with Crippen molar-refractivity contribution in [2.45, 2.75) is 26.9 Å². The van der Waals surface area contributed by atoms with Gasteiger partial charge in [-0.25, -0.2) is 9.97 Å². The van der Waals surface area contributed by atoms with Crippen molar-refractivity contribution in [1.82, 2.24) is 20.6 Å². The Morgan fingerprint density at radius 1 is 1.32 bits per heavy atom. The molecule has 0 fully saturated rings. The molecule has 118 valence electrons. The van der Waals surface area contributed by atoms with E-state index in [1.54, 1.807) is 24.6 Å². The standard InChI is InChI=1S/C15H21N5OS/c1-4-21-14-12(6-5-7-17-14)9-19-15(16-3)20-10-13-18-8-11(2)22-13/h5-8H,4,9-10H2,1-3H3,(H2,16,19,20). The maximum Gasteiger partial charge on any atom is 0.218 e. The van der Waals surface area contributed by atoms with E-state index in [-0.39, 0.29) is 0 Å². The molecule has 2 aromatic heterocycles. The highest BCUT2D eigenvalue weighted by Crippen LogP contribution is 2.13. The van der Waals surface area contributed by atoms with E-state index < -0.39 is 0 Å². The molecule has 2 aromatic rings. The molecule has 0 aliphatic rings. The molecule has 6 nitrogen and oxygen atoms in total. The first-order valence-corrected chi connectivity index (χ1v) is 7.97. The van der Waals surface area contributed by atoms with E-state index in [4.69, 9.17) is 4.74 Å². The van der Waals surface area contributed by atoms with Crippen LogP contribution in [0.4, 0.5) is 0 Å². The van der Waals surface area contributed by atoms with Crippen molar-refractivity contribution in [3.8, 4) is 5.88 Å². The van der Waals surface area contributed by atoms with Gasteiger partial charge in [0, 0.05) is 36.4 Å². The van der Waals surface area contributed by atoms with Crippen molar-refractivity contribution >= 4 is 17.3 Å². The lowest BCUT2D eigenvalue weighted by Gasteiger charge is -2.13. The molecular formula is C15H21N5OS. The number of nitrogens with one attached hydrogen (secondary N) is 2. The van der Waals surface area contributed by atoms with Crippen molar-refractivity contribution in [3.63, 3.8) is 0 Å². The molecule has 2 heterocycles. The second-order valence-corrected chi connectivity index (χ2v) is 5.86. The van der Waals surface area contributed by atoms with E-state index in [0.717, 1.165) is 16.5 Å². The molecular weight excluding hydrogens is 298 g/mol. The number of rotatable bonds is 6. The fourth-order valence-electron chi connectivity index (χ4n) is 1.87. The number of hydrogen-bond acceptors (Lipinski definition) is 5. The Morgan fingerprint density at radius 3 is 2.82 bits per heavy atom. The zero-order valence-corrected chi connectivity index (χ0v) is 13.9. The maximum absolute atomic E-state index is 5.52. The van der Waals surface area contributed by atoms with Gasteiger partial charge >= 0.3 is 0 Å². The summed E-state index contributed by atoms with van der Waals surface area (Å²) in [6, 6.07) is 3.89. The number of hydrogen-bond donors (Lipinski definition) is 2. The van der Waals surface area contributed by atoms with Gasteiger partial charge in [-0.1, -0.05) is 6.07 Å². The van der Waals surface area contributed by atoms with Gasteiger partial charge in [-0.15, -0.1) is 11.3 Å². The average molecular weight is 319 g/mol. The summed E-state index contributed by atoms with van der Waals surface area (Å²) in [5.41, 5.74) is 0.998. The Balaban J connectivity index is 1.88. The fourth-order valence-corrected chi connectivity index (χ4v) is 2.59. The number of thiazole rings is 1. The second kappa shape index (κ2) is 8.33. The van der Waals surface area contributed by atoms with Crippen LogP contribution in [0.15, 0.2) is 29.5 Å². The van der Waals surface area contributed by atoms with Gasteiger partial charge in [-0.05, 0) is 19.9 Å². The first-order valence-electron chi connectivity index (χ1n) is 7.15. The fraction of sp³-hybridized carbons (Fsp3) is 0.400. The Hall–Kier alpha value is -2.15. The lowest BCUT2D eigenvalue weighted by atomic mass is 10.2. The molecule has 0 amide bonds. The van der Waals surface area contributed by atoms with Crippen molar-refractivity contribution in [2.75, 3.05) is 13.7 Å². The van der Waals surface area contributed by atoms with E-state index in [9.17, 15) is 0 Å². The van der Waals surface area contributed by atoms with Gasteiger partial charge in [-0.3, -0.25) is 4.99 Å². The van der Waals surface area contributed by atoms with Gasteiger partial charge in [0.05, 0.1) is 13.2 Å². The van der Waals surface area contributed by atoms with Gasteiger partial charge in [0.2, 0.25) is 5.88 Å². The molecule has 0 unspecified atom stereocenters. The minimum atomic E-state index is 0.597. The highest BCUT2D eigenvalue weighted by atomic mass is 32.1. The topological polar surface area (TPSA) is 71.4 Å².